The van der Waals surface area contributed by atoms with Crippen LogP contribution in [0.25, 0.3) is 5.78 Å². The summed E-state index contributed by atoms with van der Waals surface area (Å²) in [7, 11) is 0. The molecule has 0 spiro atoms. The highest BCUT2D eigenvalue weighted by Gasteiger charge is 2.06. The number of fused-ring (bicyclic) bond motifs is 1. The lowest BCUT2D eigenvalue weighted by atomic mass is 10.2. The van der Waals surface area contributed by atoms with Gasteiger partial charge in [0.25, 0.3) is 5.78 Å². The van der Waals surface area contributed by atoms with Crippen molar-refractivity contribution in [2.75, 3.05) is 18.5 Å². The number of nitrogens with zero attached hydrogens (tertiary/aromatic N) is 4. The van der Waals surface area contributed by atoms with E-state index >= 15 is 0 Å². The Morgan fingerprint density at radius 3 is 3.04 bits per heavy atom. The summed E-state index contributed by atoms with van der Waals surface area (Å²) in [5.74, 6) is 1.24. The number of rotatable bonds is 7. The van der Waals surface area contributed by atoms with Gasteiger partial charge in [-0.15, -0.1) is 0 Å². The predicted molar refractivity (Wildman–Crippen MR) is 93.7 cm³/mol. The van der Waals surface area contributed by atoms with E-state index in [1.165, 1.54) is 6.33 Å². The molecular weight excluding hydrogens is 320 g/mol. The average Bonchev–Trinajstić information content (AvgIpc) is 3.08. The van der Waals surface area contributed by atoms with E-state index < -0.39 is 0 Å². The molecule has 0 fully saturated rings. The van der Waals surface area contributed by atoms with Crippen LogP contribution >= 0.6 is 0 Å². The zero-order valence-corrected chi connectivity index (χ0v) is 14.0. The number of para-hydroxylation sites is 2. The molecule has 0 aliphatic rings. The molecule has 0 aliphatic carbocycles. The van der Waals surface area contributed by atoms with Crippen LogP contribution in [0.2, 0.25) is 0 Å². The van der Waals surface area contributed by atoms with Crippen molar-refractivity contribution in [1.29, 1.82) is 0 Å². The zero-order chi connectivity index (χ0) is 17.5. The maximum atomic E-state index is 12.0. The Morgan fingerprint density at radius 1 is 1.28 bits per heavy atom. The molecule has 8 heteroatoms. The lowest BCUT2D eigenvalue weighted by molar-refractivity contribution is 0.251. The van der Waals surface area contributed by atoms with E-state index in [1.807, 2.05) is 37.4 Å². The molecule has 0 aliphatic heterocycles. The number of anilines is 1. The molecule has 2 aromatic heterocycles. The van der Waals surface area contributed by atoms with Gasteiger partial charge in [0.1, 0.15) is 12.1 Å². The number of hydrogen-bond donors (Lipinski definition) is 2. The Hall–Kier alpha value is -3.16. The minimum atomic E-state index is -0.253. The van der Waals surface area contributed by atoms with Crippen molar-refractivity contribution < 1.29 is 9.53 Å². The third kappa shape index (κ3) is 4.43. The number of benzene rings is 1. The molecule has 0 saturated carbocycles. The topological polar surface area (TPSA) is 93.4 Å². The van der Waals surface area contributed by atoms with Crippen LogP contribution < -0.4 is 15.4 Å². The van der Waals surface area contributed by atoms with E-state index in [1.54, 1.807) is 10.7 Å². The molecule has 3 rings (SSSR count). The largest absolute Gasteiger partial charge is 0.492 e. The summed E-state index contributed by atoms with van der Waals surface area (Å²) in [6.45, 7) is 3.00. The summed E-state index contributed by atoms with van der Waals surface area (Å²) in [5.41, 5.74) is 1.70. The second kappa shape index (κ2) is 8.09. The standard InChI is InChI=1S/C17H20N6O2/c1-2-25-15-8-4-3-7-14(15)22-17(24)18-9-5-6-13-10-19-16-20-12-21-23(16)11-13/h3-4,7-8,10-12H,2,5-6,9H2,1H3,(H2,18,22,24). The van der Waals surface area contributed by atoms with E-state index in [2.05, 4.69) is 25.7 Å². The number of carbonyl (C=O) groups excluding carboxylic acids is 1. The summed E-state index contributed by atoms with van der Waals surface area (Å²) in [6, 6.07) is 7.10. The predicted octanol–water partition coefficient (Wildman–Crippen LogP) is 2.28. The summed E-state index contributed by atoms with van der Waals surface area (Å²) in [4.78, 5) is 20.2. The Kier molecular flexibility index (Phi) is 5.40. The fourth-order valence-corrected chi connectivity index (χ4v) is 2.40. The van der Waals surface area contributed by atoms with Crippen LogP contribution in [0, 0.1) is 0 Å². The Labute approximate surface area is 145 Å². The maximum absolute atomic E-state index is 12.0. The minimum absolute atomic E-state index is 0.253. The molecule has 25 heavy (non-hydrogen) atoms. The zero-order valence-electron chi connectivity index (χ0n) is 14.0. The maximum Gasteiger partial charge on any atom is 0.319 e. The lowest BCUT2D eigenvalue weighted by Gasteiger charge is -2.12. The van der Waals surface area contributed by atoms with Crippen LogP contribution in [0.4, 0.5) is 10.5 Å². The highest BCUT2D eigenvalue weighted by Crippen LogP contribution is 2.23. The van der Waals surface area contributed by atoms with Gasteiger partial charge in [-0.2, -0.15) is 10.1 Å². The molecule has 0 saturated heterocycles. The number of hydrogen-bond acceptors (Lipinski definition) is 5. The SMILES string of the molecule is CCOc1ccccc1NC(=O)NCCCc1cnc2ncnn2c1. The van der Waals surface area contributed by atoms with E-state index in [0.717, 1.165) is 18.4 Å². The molecule has 0 atom stereocenters. The molecule has 2 amide bonds. The molecule has 0 bridgehead atoms. The van der Waals surface area contributed by atoms with Gasteiger partial charge < -0.3 is 15.4 Å². The van der Waals surface area contributed by atoms with Crippen molar-refractivity contribution in [1.82, 2.24) is 24.9 Å². The highest BCUT2D eigenvalue weighted by atomic mass is 16.5. The first-order valence-corrected chi connectivity index (χ1v) is 8.17. The van der Waals surface area contributed by atoms with Crippen LogP contribution in [-0.2, 0) is 6.42 Å². The van der Waals surface area contributed by atoms with Gasteiger partial charge in [-0.05, 0) is 37.5 Å². The van der Waals surface area contributed by atoms with Crippen LogP contribution in [0.15, 0.2) is 43.0 Å². The van der Waals surface area contributed by atoms with Crippen LogP contribution in [0.1, 0.15) is 18.9 Å². The van der Waals surface area contributed by atoms with Crippen molar-refractivity contribution in [2.24, 2.45) is 0 Å². The Balaban J connectivity index is 1.45. The third-order valence-electron chi connectivity index (χ3n) is 3.55. The van der Waals surface area contributed by atoms with Gasteiger partial charge in [0.2, 0.25) is 0 Å². The van der Waals surface area contributed by atoms with Gasteiger partial charge in [0, 0.05) is 18.9 Å². The van der Waals surface area contributed by atoms with Crippen molar-refractivity contribution in [2.45, 2.75) is 19.8 Å². The average molecular weight is 340 g/mol. The number of nitrogens with one attached hydrogen (secondary N) is 2. The molecule has 2 N–H and O–H groups in total. The molecule has 3 aromatic rings. The normalized spacial score (nSPS) is 10.6. The van der Waals surface area contributed by atoms with E-state index in [0.29, 0.717) is 30.4 Å². The second-order valence-corrected chi connectivity index (χ2v) is 5.38. The van der Waals surface area contributed by atoms with Crippen molar-refractivity contribution in [3.05, 3.63) is 48.5 Å². The minimum Gasteiger partial charge on any atom is -0.492 e. The summed E-state index contributed by atoms with van der Waals surface area (Å²) < 4.78 is 7.13. The van der Waals surface area contributed by atoms with E-state index in [4.69, 9.17) is 4.74 Å². The van der Waals surface area contributed by atoms with Gasteiger partial charge >= 0.3 is 6.03 Å². The van der Waals surface area contributed by atoms with Gasteiger partial charge in [-0.3, -0.25) is 0 Å². The summed E-state index contributed by atoms with van der Waals surface area (Å²) in [6.07, 6.45) is 6.73. The molecule has 0 radical (unpaired) electrons. The summed E-state index contributed by atoms with van der Waals surface area (Å²) in [5, 5.41) is 9.70. The molecule has 1 aromatic carbocycles. The quantitative estimate of drug-likeness (QED) is 0.644. The monoisotopic (exact) mass is 340 g/mol. The Morgan fingerprint density at radius 2 is 2.16 bits per heavy atom. The first kappa shape index (κ1) is 16.7. The van der Waals surface area contributed by atoms with Crippen LogP contribution in [-0.4, -0.2) is 38.8 Å². The number of ether oxygens (including phenoxy) is 1. The Bertz CT molecular complexity index is 848. The smallest absolute Gasteiger partial charge is 0.319 e. The number of aryl methyl sites for hydroxylation is 1. The van der Waals surface area contributed by atoms with Gasteiger partial charge in [-0.25, -0.2) is 14.3 Å². The van der Waals surface area contributed by atoms with E-state index in [9.17, 15) is 4.79 Å². The molecule has 0 unspecified atom stereocenters. The number of amides is 2. The molecule has 8 nitrogen and oxygen atoms in total. The second-order valence-electron chi connectivity index (χ2n) is 5.38. The fraction of sp³-hybridized carbons (Fsp3) is 0.294. The number of urea groups is 1. The first-order chi connectivity index (χ1) is 12.3. The first-order valence-electron chi connectivity index (χ1n) is 8.17. The fourth-order valence-electron chi connectivity index (χ4n) is 2.40. The van der Waals surface area contributed by atoms with Crippen molar-refractivity contribution in [3.8, 4) is 5.75 Å². The van der Waals surface area contributed by atoms with Gasteiger partial charge in [0.15, 0.2) is 0 Å². The lowest BCUT2D eigenvalue weighted by Crippen LogP contribution is -2.30. The highest BCUT2D eigenvalue weighted by molar-refractivity contribution is 5.90. The molecule has 130 valence electrons. The molecule has 2 heterocycles. The van der Waals surface area contributed by atoms with E-state index in [-0.39, 0.29) is 6.03 Å². The van der Waals surface area contributed by atoms with Crippen LogP contribution in [0.3, 0.4) is 0 Å². The summed E-state index contributed by atoms with van der Waals surface area (Å²) >= 11 is 0. The van der Waals surface area contributed by atoms with Gasteiger partial charge in [-0.1, -0.05) is 12.1 Å². The van der Waals surface area contributed by atoms with Crippen molar-refractivity contribution in [3.63, 3.8) is 0 Å². The third-order valence-corrected chi connectivity index (χ3v) is 3.55. The van der Waals surface area contributed by atoms with Crippen molar-refractivity contribution >= 4 is 17.5 Å². The van der Waals surface area contributed by atoms with Gasteiger partial charge in [0.05, 0.1) is 12.3 Å². The van der Waals surface area contributed by atoms with Crippen LogP contribution in [0.5, 0.6) is 5.75 Å². The number of aromatic nitrogens is 4. The number of carbonyl (C=O) groups is 1. The molecular formula is C17H20N6O2.